The van der Waals surface area contributed by atoms with Crippen LogP contribution in [0, 0.1) is 5.92 Å². The molecule has 1 aromatic carbocycles. The lowest BCUT2D eigenvalue weighted by Gasteiger charge is -2.24. The number of benzene rings is 1. The molecule has 1 aliphatic rings. The van der Waals surface area contributed by atoms with Gasteiger partial charge >= 0.3 is 5.97 Å². The number of methoxy groups -OCH3 is 2. The summed E-state index contributed by atoms with van der Waals surface area (Å²) in [6.45, 7) is 0. The van der Waals surface area contributed by atoms with Crippen molar-refractivity contribution in [2.75, 3.05) is 14.2 Å². The van der Waals surface area contributed by atoms with Crippen LogP contribution in [0.1, 0.15) is 61.9 Å². The lowest BCUT2D eigenvalue weighted by Crippen LogP contribution is -2.37. The number of ether oxygens (including phenoxy) is 2. The molecule has 8 heteroatoms. The Morgan fingerprint density at radius 3 is 2.44 bits per heavy atom. The first-order valence-electron chi connectivity index (χ1n) is 11.2. The topological polar surface area (TPSA) is 103 Å². The molecule has 174 valence electrons. The Kier molecular flexibility index (Phi) is 8.14. The number of carbonyl (C=O) groups excluding carboxylic acids is 1. The van der Waals surface area contributed by atoms with E-state index in [0.29, 0.717) is 35.1 Å². The van der Waals surface area contributed by atoms with Crippen LogP contribution < -0.4 is 14.8 Å². The van der Waals surface area contributed by atoms with Gasteiger partial charge in [-0.15, -0.1) is 0 Å². The largest absolute Gasteiger partial charge is 0.496 e. The van der Waals surface area contributed by atoms with E-state index in [4.69, 9.17) is 9.47 Å². The smallest absolute Gasteiger partial charge is 0.305 e. The molecule has 32 heavy (non-hydrogen) atoms. The Bertz CT molecular complexity index is 911. The van der Waals surface area contributed by atoms with Crippen molar-refractivity contribution >= 4 is 11.9 Å². The molecule has 0 spiro atoms. The molecule has 2 aromatic rings. The number of aliphatic carboxylic acids is 1. The van der Waals surface area contributed by atoms with Crippen LogP contribution in [0.4, 0.5) is 0 Å². The maximum atomic E-state index is 13.0. The van der Waals surface area contributed by atoms with E-state index < -0.39 is 12.0 Å². The Labute approximate surface area is 188 Å². The molecule has 2 N–H and O–H groups in total. The Hall–Kier alpha value is -3.03. The molecule has 0 aliphatic heterocycles. The molecule has 3 rings (SSSR count). The predicted molar refractivity (Wildman–Crippen MR) is 121 cm³/mol. The second kappa shape index (κ2) is 11.0. The van der Waals surface area contributed by atoms with Crippen molar-refractivity contribution < 1.29 is 24.2 Å². The second-order valence-electron chi connectivity index (χ2n) is 8.43. The van der Waals surface area contributed by atoms with Gasteiger partial charge in [0.15, 0.2) is 5.69 Å². The van der Waals surface area contributed by atoms with Crippen molar-refractivity contribution in [3.63, 3.8) is 0 Å². The van der Waals surface area contributed by atoms with Crippen molar-refractivity contribution in [1.29, 1.82) is 0 Å². The molecule has 1 fully saturated rings. The van der Waals surface area contributed by atoms with Crippen molar-refractivity contribution in [3.8, 4) is 22.8 Å². The first-order chi connectivity index (χ1) is 15.4. The summed E-state index contributed by atoms with van der Waals surface area (Å²) in [5.41, 5.74) is 1.59. The average molecular weight is 444 g/mol. The Morgan fingerprint density at radius 1 is 1.19 bits per heavy atom. The van der Waals surface area contributed by atoms with Crippen LogP contribution in [0.15, 0.2) is 24.3 Å². The van der Waals surface area contributed by atoms with Gasteiger partial charge in [0, 0.05) is 13.1 Å². The van der Waals surface area contributed by atoms with E-state index >= 15 is 0 Å². The van der Waals surface area contributed by atoms with E-state index in [2.05, 4.69) is 10.4 Å². The van der Waals surface area contributed by atoms with Crippen LogP contribution in [0.3, 0.4) is 0 Å². The van der Waals surface area contributed by atoms with Crippen LogP contribution in [0.2, 0.25) is 0 Å². The molecule has 0 radical (unpaired) electrons. The quantitative estimate of drug-likeness (QED) is 0.575. The molecule has 0 bridgehead atoms. The van der Waals surface area contributed by atoms with E-state index in [1.54, 1.807) is 32.0 Å². The minimum absolute atomic E-state index is 0.0987. The standard InChI is InChI=1S/C24H33N3O5/c1-27-19(23-20(31-2)10-7-11-21(23)32-3)15-18(26-27)24(30)25-17(14-22(28)29)13-12-16-8-5-4-6-9-16/h7,10-11,15-17H,4-6,8-9,12-14H2,1-3H3,(H,25,30)(H,28,29)/t17-/m0/s1. The highest BCUT2D eigenvalue weighted by Gasteiger charge is 2.24. The van der Waals surface area contributed by atoms with Crippen molar-refractivity contribution in [3.05, 3.63) is 30.0 Å². The lowest BCUT2D eigenvalue weighted by molar-refractivity contribution is -0.137. The van der Waals surface area contributed by atoms with E-state index in [9.17, 15) is 14.7 Å². The molecular weight excluding hydrogens is 410 g/mol. The van der Waals surface area contributed by atoms with E-state index in [1.807, 2.05) is 18.2 Å². The summed E-state index contributed by atoms with van der Waals surface area (Å²) in [6, 6.07) is 6.72. The number of nitrogens with one attached hydrogen (secondary N) is 1. The van der Waals surface area contributed by atoms with Gasteiger partial charge in [0.2, 0.25) is 0 Å². The average Bonchev–Trinajstić information content (AvgIpc) is 3.18. The third-order valence-electron chi connectivity index (χ3n) is 6.20. The first kappa shape index (κ1) is 23.6. The molecule has 0 unspecified atom stereocenters. The highest BCUT2D eigenvalue weighted by Crippen LogP contribution is 2.38. The molecule has 1 aliphatic carbocycles. The fourth-order valence-corrected chi connectivity index (χ4v) is 4.52. The van der Waals surface area contributed by atoms with Crippen molar-refractivity contribution in [1.82, 2.24) is 15.1 Å². The van der Waals surface area contributed by atoms with E-state index in [-0.39, 0.29) is 18.0 Å². The molecule has 8 nitrogen and oxygen atoms in total. The van der Waals surface area contributed by atoms with Gasteiger partial charge in [-0.3, -0.25) is 14.3 Å². The molecule has 1 heterocycles. The third kappa shape index (κ3) is 5.81. The third-order valence-corrected chi connectivity index (χ3v) is 6.20. The first-order valence-corrected chi connectivity index (χ1v) is 11.2. The minimum Gasteiger partial charge on any atom is -0.496 e. The number of rotatable bonds is 10. The van der Waals surface area contributed by atoms with Gasteiger partial charge in [-0.25, -0.2) is 0 Å². The van der Waals surface area contributed by atoms with Crippen LogP contribution in [-0.2, 0) is 11.8 Å². The molecule has 0 saturated heterocycles. The zero-order chi connectivity index (χ0) is 23.1. The van der Waals surface area contributed by atoms with Gasteiger partial charge in [0.25, 0.3) is 5.91 Å². The van der Waals surface area contributed by atoms with Gasteiger partial charge in [-0.1, -0.05) is 38.2 Å². The highest BCUT2D eigenvalue weighted by molar-refractivity contribution is 5.94. The number of aryl methyl sites for hydroxylation is 1. The maximum Gasteiger partial charge on any atom is 0.305 e. The van der Waals surface area contributed by atoms with Gasteiger partial charge < -0.3 is 19.9 Å². The van der Waals surface area contributed by atoms with Gasteiger partial charge in [0.05, 0.1) is 31.9 Å². The van der Waals surface area contributed by atoms with Crippen molar-refractivity contribution in [2.24, 2.45) is 13.0 Å². The number of aromatic nitrogens is 2. The second-order valence-corrected chi connectivity index (χ2v) is 8.43. The zero-order valence-corrected chi connectivity index (χ0v) is 19.1. The number of nitrogens with zero attached hydrogens (tertiary/aromatic N) is 2. The summed E-state index contributed by atoms with van der Waals surface area (Å²) in [7, 11) is 4.89. The van der Waals surface area contributed by atoms with Gasteiger partial charge in [-0.2, -0.15) is 5.10 Å². The molecule has 1 amide bonds. The monoisotopic (exact) mass is 443 g/mol. The number of carbonyl (C=O) groups is 2. The predicted octanol–water partition coefficient (Wildman–Crippen LogP) is 4.04. The minimum atomic E-state index is -0.917. The van der Waals surface area contributed by atoms with Crippen LogP contribution in [0.25, 0.3) is 11.3 Å². The summed E-state index contributed by atoms with van der Waals surface area (Å²) >= 11 is 0. The summed E-state index contributed by atoms with van der Waals surface area (Å²) in [5.74, 6) is 0.539. The lowest BCUT2D eigenvalue weighted by atomic mass is 9.85. The fourth-order valence-electron chi connectivity index (χ4n) is 4.52. The normalized spacial score (nSPS) is 15.2. The summed E-state index contributed by atoms with van der Waals surface area (Å²) < 4.78 is 12.6. The number of hydrogen-bond donors (Lipinski definition) is 2. The van der Waals surface area contributed by atoms with Crippen LogP contribution in [-0.4, -0.2) is 47.0 Å². The summed E-state index contributed by atoms with van der Waals surface area (Å²) in [6.07, 6.45) is 7.64. The summed E-state index contributed by atoms with van der Waals surface area (Å²) in [4.78, 5) is 24.3. The molecule has 1 saturated carbocycles. The molecule has 1 atom stereocenters. The van der Waals surface area contributed by atoms with E-state index in [0.717, 1.165) is 6.42 Å². The van der Waals surface area contributed by atoms with Gasteiger partial charge in [0.1, 0.15) is 11.5 Å². The van der Waals surface area contributed by atoms with Crippen molar-refractivity contribution in [2.45, 2.75) is 57.4 Å². The Balaban J connectivity index is 1.76. The number of amides is 1. The Morgan fingerprint density at radius 2 is 1.84 bits per heavy atom. The fraction of sp³-hybridized carbons (Fsp3) is 0.542. The number of carboxylic acid groups (broad SMARTS) is 1. The zero-order valence-electron chi connectivity index (χ0n) is 19.1. The van der Waals surface area contributed by atoms with Crippen LogP contribution >= 0.6 is 0 Å². The summed E-state index contributed by atoms with van der Waals surface area (Å²) in [5, 5.41) is 16.6. The molecular formula is C24H33N3O5. The maximum absolute atomic E-state index is 13.0. The number of carboxylic acids is 1. The SMILES string of the molecule is COc1cccc(OC)c1-c1cc(C(=O)N[C@@H](CCC2CCCCC2)CC(=O)O)nn1C. The van der Waals surface area contributed by atoms with Crippen LogP contribution in [0.5, 0.6) is 11.5 Å². The van der Waals surface area contributed by atoms with Gasteiger partial charge in [-0.05, 0) is 37.0 Å². The number of hydrogen-bond acceptors (Lipinski definition) is 5. The van der Waals surface area contributed by atoms with E-state index in [1.165, 1.54) is 32.1 Å². The molecule has 1 aromatic heterocycles. The highest BCUT2D eigenvalue weighted by atomic mass is 16.5.